The number of hydrogen-bond donors (Lipinski definition) is 0. The molecular weight excluding hydrogens is 184 g/mol. The van der Waals surface area contributed by atoms with E-state index < -0.39 is 0 Å². The third kappa shape index (κ3) is 6.97. The molecule has 0 aliphatic heterocycles. The maximum Gasteiger partial charge on any atom is 0.0621 e. The second-order valence-electron chi connectivity index (χ2n) is 4.27. The Hall–Kier alpha value is -1.02. The molecule has 2 nitrogen and oxygen atoms in total. The number of unbranched alkanes of at least 4 members (excludes halogenated alkanes) is 1. The molecule has 15 heavy (non-hydrogen) atoms. The van der Waals surface area contributed by atoms with E-state index in [9.17, 15) is 0 Å². The number of rotatable bonds is 8. The summed E-state index contributed by atoms with van der Waals surface area (Å²) in [5.41, 5.74) is 0. The first-order chi connectivity index (χ1) is 7.26. The second-order valence-corrected chi connectivity index (χ2v) is 4.27. The highest BCUT2D eigenvalue weighted by Crippen LogP contribution is 2.26. The van der Waals surface area contributed by atoms with Crippen LogP contribution in [0.1, 0.15) is 58.8 Å². The molecule has 84 valence electrons. The molecule has 0 saturated heterocycles. The number of hydrogen-bond acceptors (Lipinski definition) is 2. The van der Waals surface area contributed by atoms with Gasteiger partial charge in [-0.3, -0.25) is 0 Å². The molecular formula is C13H22N2. The summed E-state index contributed by atoms with van der Waals surface area (Å²) in [6.45, 7) is 4.46. The van der Waals surface area contributed by atoms with Gasteiger partial charge in [-0.25, -0.2) is 0 Å². The molecule has 1 unspecified atom stereocenters. The van der Waals surface area contributed by atoms with Crippen LogP contribution < -0.4 is 0 Å². The number of nitrogens with zero attached hydrogens (tertiary/aromatic N) is 2. The van der Waals surface area contributed by atoms with Crippen molar-refractivity contribution in [3.05, 3.63) is 0 Å². The molecule has 1 atom stereocenters. The molecule has 0 aromatic heterocycles. The van der Waals surface area contributed by atoms with Crippen molar-refractivity contribution in [3.63, 3.8) is 0 Å². The predicted octanol–water partition coefficient (Wildman–Crippen LogP) is 4.04. The van der Waals surface area contributed by atoms with E-state index in [-0.39, 0.29) is 0 Å². The summed E-state index contributed by atoms with van der Waals surface area (Å²) < 4.78 is 0. The van der Waals surface area contributed by atoms with Crippen LogP contribution in [0.15, 0.2) is 0 Å². The third-order valence-electron chi connectivity index (χ3n) is 3.07. The SMILES string of the molecule is CCCCC(C)C(CCC#N)CCC#N. The molecule has 0 saturated carbocycles. The minimum Gasteiger partial charge on any atom is -0.198 e. The van der Waals surface area contributed by atoms with Gasteiger partial charge in [0.15, 0.2) is 0 Å². The largest absolute Gasteiger partial charge is 0.198 e. The normalized spacial score (nSPS) is 12.1. The van der Waals surface area contributed by atoms with Gasteiger partial charge in [0.05, 0.1) is 12.1 Å². The summed E-state index contributed by atoms with van der Waals surface area (Å²) in [6, 6.07) is 4.41. The molecule has 0 bridgehead atoms. The Bertz CT molecular complexity index is 204. The van der Waals surface area contributed by atoms with E-state index in [2.05, 4.69) is 26.0 Å². The van der Waals surface area contributed by atoms with Crippen molar-refractivity contribution in [2.75, 3.05) is 0 Å². The molecule has 0 N–H and O–H groups in total. The molecule has 0 fully saturated rings. The van der Waals surface area contributed by atoms with Gasteiger partial charge in [0.2, 0.25) is 0 Å². The predicted molar refractivity (Wildman–Crippen MR) is 61.9 cm³/mol. The molecule has 0 aliphatic carbocycles. The van der Waals surface area contributed by atoms with Crippen molar-refractivity contribution >= 4 is 0 Å². The molecule has 0 amide bonds. The molecule has 2 heteroatoms. The zero-order valence-corrected chi connectivity index (χ0v) is 10.00. The quantitative estimate of drug-likeness (QED) is 0.601. The second kappa shape index (κ2) is 9.53. The summed E-state index contributed by atoms with van der Waals surface area (Å²) in [7, 11) is 0. The molecule has 0 radical (unpaired) electrons. The van der Waals surface area contributed by atoms with Crippen molar-refractivity contribution in [1.29, 1.82) is 10.5 Å². The lowest BCUT2D eigenvalue weighted by Crippen LogP contribution is -2.11. The van der Waals surface area contributed by atoms with E-state index in [0.29, 0.717) is 24.7 Å². The lowest BCUT2D eigenvalue weighted by atomic mass is 9.83. The Morgan fingerprint density at radius 1 is 1.00 bits per heavy atom. The van der Waals surface area contributed by atoms with Crippen LogP contribution in [0, 0.1) is 34.5 Å². The Morgan fingerprint density at radius 3 is 1.93 bits per heavy atom. The van der Waals surface area contributed by atoms with Crippen LogP contribution in [0.5, 0.6) is 0 Å². The van der Waals surface area contributed by atoms with Crippen LogP contribution in [0.2, 0.25) is 0 Å². The summed E-state index contributed by atoms with van der Waals surface area (Å²) in [4.78, 5) is 0. The lowest BCUT2D eigenvalue weighted by Gasteiger charge is -2.22. The Morgan fingerprint density at radius 2 is 1.53 bits per heavy atom. The van der Waals surface area contributed by atoms with Crippen LogP contribution in [-0.2, 0) is 0 Å². The van der Waals surface area contributed by atoms with Crippen LogP contribution in [-0.4, -0.2) is 0 Å². The van der Waals surface area contributed by atoms with E-state index in [0.717, 1.165) is 12.8 Å². The summed E-state index contributed by atoms with van der Waals surface area (Å²) >= 11 is 0. The maximum atomic E-state index is 8.58. The van der Waals surface area contributed by atoms with Gasteiger partial charge in [-0.1, -0.05) is 33.1 Å². The highest BCUT2D eigenvalue weighted by molar-refractivity contribution is 4.78. The van der Waals surface area contributed by atoms with Gasteiger partial charge in [-0.2, -0.15) is 10.5 Å². The third-order valence-corrected chi connectivity index (χ3v) is 3.07. The van der Waals surface area contributed by atoms with Crippen molar-refractivity contribution in [1.82, 2.24) is 0 Å². The first kappa shape index (κ1) is 14.0. The fraction of sp³-hybridized carbons (Fsp3) is 0.846. The zero-order valence-electron chi connectivity index (χ0n) is 10.00. The van der Waals surface area contributed by atoms with Gasteiger partial charge in [-0.05, 0) is 24.7 Å². The first-order valence-corrected chi connectivity index (χ1v) is 6.00. The fourth-order valence-corrected chi connectivity index (χ4v) is 1.98. The van der Waals surface area contributed by atoms with E-state index in [1.54, 1.807) is 0 Å². The highest BCUT2D eigenvalue weighted by Gasteiger charge is 2.16. The Kier molecular flexibility index (Phi) is 8.88. The van der Waals surface area contributed by atoms with Crippen molar-refractivity contribution < 1.29 is 0 Å². The average molecular weight is 206 g/mol. The van der Waals surface area contributed by atoms with Crippen molar-refractivity contribution in [2.45, 2.75) is 58.8 Å². The van der Waals surface area contributed by atoms with Crippen molar-refractivity contribution in [2.24, 2.45) is 11.8 Å². The van der Waals surface area contributed by atoms with Gasteiger partial charge in [0.25, 0.3) is 0 Å². The van der Waals surface area contributed by atoms with Crippen LogP contribution in [0.4, 0.5) is 0 Å². The van der Waals surface area contributed by atoms with E-state index in [4.69, 9.17) is 10.5 Å². The topological polar surface area (TPSA) is 47.6 Å². The molecule has 0 aliphatic rings. The van der Waals surface area contributed by atoms with E-state index in [1.807, 2.05) is 0 Å². The smallest absolute Gasteiger partial charge is 0.0621 e. The van der Waals surface area contributed by atoms with E-state index >= 15 is 0 Å². The summed E-state index contributed by atoms with van der Waals surface area (Å²) in [5.74, 6) is 1.22. The molecule has 0 heterocycles. The van der Waals surface area contributed by atoms with Gasteiger partial charge in [0.1, 0.15) is 0 Å². The van der Waals surface area contributed by atoms with Gasteiger partial charge >= 0.3 is 0 Å². The number of nitriles is 2. The van der Waals surface area contributed by atoms with E-state index in [1.165, 1.54) is 19.3 Å². The lowest BCUT2D eigenvalue weighted by molar-refractivity contribution is 0.298. The molecule has 0 rings (SSSR count). The van der Waals surface area contributed by atoms with Crippen LogP contribution >= 0.6 is 0 Å². The fourth-order valence-electron chi connectivity index (χ4n) is 1.98. The average Bonchev–Trinajstić information content (AvgIpc) is 2.26. The standard InChI is InChI=1S/C13H22N2/c1-3-4-7-12(2)13(8-5-10-14)9-6-11-15/h12-13H,3-9H2,1-2H3. The minimum absolute atomic E-state index is 0.566. The first-order valence-electron chi connectivity index (χ1n) is 6.00. The van der Waals surface area contributed by atoms with Gasteiger partial charge < -0.3 is 0 Å². The van der Waals surface area contributed by atoms with Crippen molar-refractivity contribution in [3.8, 4) is 12.1 Å². The minimum atomic E-state index is 0.566. The van der Waals surface area contributed by atoms with Gasteiger partial charge in [0, 0.05) is 12.8 Å². The summed E-state index contributed by atoms with van der Waals surface area (Å²) in [5, 5.41) is 17.2. The Labute approximate surface area is 93.9 Å². The molecule has 0 aromatic rings. The Balaban J connectivity index is 3.97. The zero-order chi connectivity index (χ0) is 11.5. The van der Waals surface area contributed by atoms with Crippen LogP contribution in [0.25, 0.3) is 0 Å². The van der Waals surface area contributed by atoms with Gasteiger partial charge in [-0.15, -0.1) is 0 Å². The maximum absolute atomic E-state index is 8.58. The van der Waals surface area contributed by atoms with Crippen LogP contribution in [0.3, 0.4) is 0 Å². The molecule has 0 spiro atoms. The monoisotopic (exact) mass is 206 g/mol. The summed E-state index contributed by atoms with van der Waals surface area (Å²) in [6.07, 6.45) is 6.91. The highest BCUT2D eigenvalue weighted by atomic mass is 14.3. The molecule has 0 aromatic carbocycles.